The fraction of sp³-hybridized carbons (Fsp3) is 0.706. The van der Waals surface area contributed by atoms with Gasteiger partial charge in [0.05, 0.1) is 6.54 Å². The van der Waals surface area contributed by atoms with Crippen LogP contribution in [0.5, 0.6) is 0 Å². The molecule has 2 aliphatic heterocycles. The number of piperidine rings is 1. The number of nitrogens with zero attached hydrogens (tertiary/aromatic N) is 1. The fourth-order valence-electron chi connectivity index (χ4n) is 1.96. The Bertz CT molecular complexity index is 456. The standard InChI is InChI=1S/C10H13N3O3.C4H10.C2H6.CH5N/c1-5-6(11)4-13(10(5)16)7-2-3-8(14)12-9(7)15;1-4(2)3;2*1-2/h7H,2-4,11H2,1H3,(H,12,14,15);4H,1-3H3;1-2H3;2H2,1H3. The third-order valence-corrected chi connectivity index (χ3v) is 2.99. The van der Waals surface area contributed by atoms with Crippen LogP contribution in [0.2, 0.25) is 0 Å². The van der Waals surface area contributed by atoms with E-state index in [1.165, 1.54) is 11.9 Å². The van der Waals surface area contributed by atoms with Crippen LogP contribution in [0.25, 0.3) is 0 Å². The van der Waals surface area contributed by atoms with Crippen molar-refractivity contribution >= 4 is 17.7 Å². The lowest BCUT2D eigenvalue weighted by molar-refractivity contribution is -0.142. The van der Waals surface area contributed by atoms with Crippen molar-refractivity contribution in [3.05, 3.63) is 11.3 Å². The first-order valence-electron chi connectivity index (χ1n) is 8.41. The van der Waals surface area contributed by atoms with Crippen molar-refractivity contribution in [1.82, 2.24) is 10.2 Å². The average Bonchev–Trinajstić information content (AvgIpc) is 2.78. The molecule has 1 fully saturated rings. The maximum Gasteiger partial charge on any atom is 0.252 e. The highest BCUT2D eigenvalue weighted by Crippen LogP contribution is 2.21. The van der Waals surface area contributed by atoms with Crippen LogP contribution in [-0.2, 0) is 14.4 Å². The summed E-state index contributed by atoms with van der Waals surface area (Å²) in [5.74, 6) is -0.0790. The van der Waals surface area contributed by atoms with E-state index in [2.05, 4.69) is 31.8 Å². The van der Waals surface area contributed by atoms with E-state index >= 15 is 0 Å². The minimum Gasteiger partial charge on any atom is -0.400 e. The molecular weight excluding hydrogens is 308 g/mol. The first-order chi connectivity index (χ1) is 11.2. The molecule has 1 atom stereocenters. The number of nitrogens with one attached hydrogen (secondary N) is 1. The number of hydrogen-bond acceptors (Lipinski definition) is 5. The van der Waals surface area contributed by atoms with Crippen molar-refractivity contribution in [2.75, 3.05) is 13.6 Å². The van der Waals surface area contributed by atoms with E-state index in [1.807, 2.05) is 13.8 Å². The van der Waals surface area contributed by atoms with E-state index < -0.39 is 11.9 Å². The summed E-state index contributed by atoms with van der Waals surface area (Å²) in [7, 11) is 1.50. The Kier molecular flexibility index (Phi) is 12.7. The summed E-state index contributed by atoms with van der Waals surface area (Å²) in [6.07, 6.45) is 0.635. The van der Waals surface area contributed by atoms with Gasteiger partial charge < -0.3 is 16.4 Å². The average molecular weight is 342 g/mol. The zero-order valence-corrected chi connectivity index (χ0v) is 16.1. The van der Waals surface area contributed by atoms with Gasteiger partial charge in [0.1, 0.15) is 6.04 Å². The molecule has 0 aromatic rings. The van der Waals surface area contributed by atoms with Crippen molar-refractivity contribution in [3.8, 4) is 0 Å². The van der Waals surface area contributed by atoms with Crippen LogP contribution in [0.3, 0.4) is 0 Å². The summed E-state index contributed by atoms with van der Waals surface area (Å²) in [5.41, 5.74) is 11.1. The molecule has 2 aliphatic rings. The van der Waals surface area contributed by atoms with Crippen LogP contribution in [0, 0.1) is 5.92 Å². The monoisotopic (exact) mass is 342 g/mol. The van der Waals surface area contributed by atoms with Gasteiger partial charge in [0.25, 0.3) is 5.91 Å². The Balaban J connectivity index is 0. The van der Waals surface area contributed by atoms with Crippen LogP contribution < -0.4 is 16.8 Å². The lowest BCUT2D eigenvalue weighted by atomic mass is 10.0. The highest BCUT2D eigenvalue weighted by Gasteiger charge is 2.38. The summed E-state index contributed by atoms with van der Waals surface area (Å²) in [5, 5.41) is 2.23. The Morgan fingerprint density at radius 3 is 1.92 bits per heavy atom. The molecule has 0 radical (unpaired) electrons. The zero-order valence-electron chi connectivity index (χ0n) is 16.1. The molecule has 0 saturated carbocycles. The van der Waals surface area contributed by atoms with Gasteiger partial charge in [0, 0.05) is 17.7 Å². The molecule has 7 nitrogen and oxygen atoms in total. The van der Waals surface area contributed by atoms with Gasteiger partial charge in [0.15, 0.2) is 0 Å². The third-order valence-electron chi connectivity index (χ3n) is 2.99. The van der Waals surface area contributed by atoms with Gasteiger partial charge in [-0.2, -0.15) is 0 Å². The molecule has 0 aromatic heterocycles. The van der Waals surface area contributed by atoms with Gasteiger partial charge in [-0.1, -0.05) is 34.6 Å². The normalized spacial score (nSPS) is 19.6. The molecule has 3 amide bonds. The first kappa shape index (κ1) is 24.4. The lowest BCUT2D eigenvalue weighted by Crippen LogP contribution is -2.53. The highest BCUT2D eigenvalue weighted by molar-refractivity contribution is 6.04. The topological polar surface area (TPSA) is 119 Å². The van der Waals surface area contributed by atoms with Crippen molar-refractivity contribution in [3.63, 3.8) is 0 Å². The fourth-order valence-corrected chi connectivity index (χ4v) is 1.96. The second-order valence-corrected chi connectivity index (χ2v) is 5.78. The molecule has 0 bridgehead atoms. The summed E-state index contributed by atoms with van der Waals surface area (Å²) in [4.78, 5) is 35.7. The minimum absolute atomic E-state index is 0.216. The molecule has 2 heterocycles. The molecular formula is C17H34N4O3. The molecule has 24 heavy (non-hydrogen) atoms. The van der Waals surface area contributed by atoms with Crippen LogP contribution in [0.1, 0.15) is 54.4 Å². The molecule has 0 spiro atoms. The van der Waals surface area contributed by atoms with Crippen LogP contribution in [0.4, 0.5) is 0 Å². The van der Waals surface area contributed by atoms with Gasteiger partial charge in [-0.25, -0.2) is 0 Å². The lowest BCUT2D eigenvalue weighted by Gasteiger charge is -2.29. The molecule has 1 saturated heterocycles. The van der Waals surface area contributed by atoms with E-state index in [0.717, 1.165) is 5.92 Å². The number of imide groups is 1. The Hall–Kier alpha value is -1.89. The second-order valence-electron chi connectivity index (χ2n) is 5.78. The first-order valence-corrected chi connectivity index (χ1v) is 8.41. The summed E-state index contributed by atoms with van der Waals surface area (Å²) in [6, 6.07) is -0.568. The number of carbonyl (C=O) groups excluding carboxylic acids is 3. The summed E-state index contributed by atoms with van der Waals surface area (Å²) >= 11 is 0. The van der Waals surface area contributed by atoms with Crippen LogP contribution in [-0.4, -0.2) is 42.3 Å². The van der Waals surface area contributed by atoms with Crippen molar-refractivity contribution < 1.29 is 14.4 Å². The van der Waals surface area contributed by atoms with Crippen LogP contribution in [0.15, 0.2) is 11.3 Å². The largest absolute Gasteiger partial charge is 0.400 e. The van der Waals surface area contributed by atoms with E-state index in [9.17, 15) is 14.4 Å². The number of carbonyl (C=O) groups is 3. The number of rotatable bonds is 1. The summed E-state index contributed by atoms with van der Waals surface area (Å²) in [6.45, 7) is 12.4. The Labute approximate surface area is 145 Å². The van der Waals surface area contributed by atoms with Gasteiger partial charge in [-0.15, -0.1) is 0 Å². The third kappa shape index (κ3) is 7.59. The molecule has 7 heteroatoms. The van der Waals surface area contributed by atoms with E-state index in [4.69, 9.17) is 5.73 Å². The number of amides is 3. The van der Waals surface area contributed by atoms with Gasteiger partial charge in [-0.3, -0.25) is 19.7 Å². The van der Waals surface area contributed by atoms with Gasteiger partial charge >= 0.3 is 0 Å². The Morgan fingerprint density at radius 1 is 1.12 bits per heavy atom. The molecule has 0 aromatic carbocycles. The number of hydrogen-bond donors (Lipinski definition) is 3. The smallest absolute Gasteiger partial charge is 0.252 e. The van der Waals surface area contributed by atoms with Crippen LogP contribution >= 0.6 is 0 Å². The molecule has 140 valence electrons. The number of nitrogens with two attached hydrogens (primary N) is 2. The van der Waals surface area contributed by atoms with E-state index in [-0.39, 0.29) is 24.8 Å². The van der Waals surface area contributed by atoms with Crippen molar-refractivity contribution in [2.45, 2.75) is 60.4 Å². The second kappa shape index (κ2) is 12.5. The maximum absolute atomic E-state index is 11.8. The quantitative estimate of drug-likeness (QED) is 0.617. The van der Waals surface area contributed by atoms with Crippen molar-refractivity contribution in [2.24, 2.45) is 17.4 Å². The molecule has 1 unspecified atom stereocenters. The zero-order chi connectivity index (χ0) is 19.4. The maximum atomic E-state index is 11.8. The molecule has 5 N–H and O–H groups in total. The van der Waals surface area contributed by atoms with Gasteiger partial charge in [-0.05, 0) is 26.3 Å². The molecule has 0 aliphatic carbocycles. The SMILES string of the molecule is CC.CC(C)C.CC1=C(N)CN(C2CCC(=O)NC2=O)C1=O.CN. The van der Waals surface area contributed by atoms with E-state index in [1.54, 1.807) is 6.92 Å². The minimum atomic E-state index is -0.568. The van der Waals surface area contributed by atoms with E-state index in [0.29, 0.717) is 17.7 Å². The predicted molar refractivity (Wildman–Crippen MR) is 96.7 cm³/mol. The highest BCUT2D eigenvalue weighted by atomic mass is 16.2. The van der Waals surface area contributed by atoms with Crippen molar-refractivity contribution in [1.29, 1.82) is 0 Å². The predicted octanol–water partition coefficient (Wildman–Crippen LogP) is 1.13. The summed E-state index contributed by atoms with van der Waals surface area (Å²) < 4.78 is 0. The Morgan fingerprint density at radius 2 is 1.58 bits per heavy atom. The molecule has 2 rings (SSSR count). The van der Waals surface area contributed by atoms with Gasteiger partial charge in [0.2, 0.25) is 11.8 Å².